The van der Waals surface area contributed by atoms with Crippen LogP contribution in [0, 0.1) is 17.3 Å². The number of hydrogen-bond donors (Lipinski definition) is 0. The minimum Gasteiger partial charge on any atom is -0.469 e. The van der Waals surface area contributed by atoms with Gasteiger partial charge in [0.05, 0.1) is 13.0 Å². The van der Waals surface area contributed by atoms with Crippen LogP contribution in [0.15, 0.2) is 11.6 Å². The lowest BCUT2D eigenvalue weighted by Gasteiger charge is -2.01. The molecule has 1 fully saturated rings. The smallest absolute Gasteiger partial charge is 0.309 e. The highest BCUT2D eigenvalue weighted by Gasteiger charge is 2.61. The van der Waals surface area contributed by atoms with Gasteiger partial charge >= 0.3 is 5.97 Å². The molecule has 1 aliphatic rings. The first-order chi connectivity index (χ1) is 6.98. The molecule has 0 bridgehead atoms. The van der Waals surface area contributed by atoms with Crippen LogP contribution in [0.5, 0.6) is 0 Å². The van der Waals surface area contributed by atoms with Crippen LogP contribution < -0.4 is 0 Å². The SMILES string of the molecule is CCC(=C[C@H]1[C@H](C(=O)OC)C1(C)C)CC. The first-order valence-corrected chi connectivity index (χ1v) is 5.76. The minimum atomic E-state index is -0.0622. The molecule has 0 aromatic heterocycles. The van der Waals surface area contributed by atoms with Crippen molar-refractivity contribution in [2.45, 2.75) is 40.5 Å². The molecule has 0 amide bonds. The highest BCUT2D eigenvalue weighted by Crippen LogP contribution is 2.59. The third-order valence-electron chi connectivity index (χ3n) is 3.69. The van der Waals surface area contributed by atoms with Crippen LogP contribution in [-0.2, 0) is 9.53 Å². The zero-order valence-electron chi connectivity index (χ0n) is 10.5. The molecule has 0 aliphatic heterocycles. The van der Waals surface area contributed by atoms with Crippen LogP contribution in [0.1, 0.15) is 40.5 Å². The minimum absolute atomic E-state index is 0.0622. The van der Waals surface area contributed by atoms with Crippen LogP contribution >= 0.6 is 0 Å². The van der Waals surface area contributed by atoms with Crippen LogP contribution in [0.3, 0.4) is 0 Å². The molecule has 0 saturated heterocycles. The maximum Gasteiger partial charge on any atom is 0.309 e. The Morgan fingerprint density at radius 2 is 1.87 bits per heavy atom. The van der Waals surface area contributed by atoms with Gasteiger partial charge in [-0.2, -0.15) is 0 Å². The molecule has 0 aromatic carbocycles. The second-order valence-corrected chi connectivity index (χ2v) is 4.88. The highest BCUT2D eigenvalue weighted by atomic mass is 16.5. The molecule has 0 radical (unpaired) electrons. The standard InChI is InChI=1S/C13H22O2/c1-6-9(7-2)8-10-11(12(14)15-5)13(10,3)4/h8,10-11H,6-7H2,1-5H3/t10-,11+/m0/s1. The van der Waals surface area contributed by atoms with Crippen molar-refractivity contribution in [3.63, 3.8) is 0 Å². The summed E-state index contributed by atoms with van der Waals surface area (Å²) in [6, 6.07) is 0. The van der Waals surface area contributed by atoms with Crippen molar-refractivity contribution in [1.82, 2.24) is 0 Å². The van der Waals surface area contributed by atoms with Gasteiger partial charge in [0.25, 0.3) is 0 Å². The number of allylic oxidation sites excluding steroid dienone is 2. The Hall–Kier alpha value is -0.790. The summed E-state index contributed by atoms with van der Waals surface area (Å²) in [5.41, 5.74) is 1.53. The summed E-state index contributed by atoms with van der Waals surface area (Å²) in [5, 5.41) is 0. The van der Waals surface area contributed by atoms with E-state index in [1.807, 2.05) is 0 Å². The maximum absolute atomic E-state index is 11.5. The number of methoxy groups -OCH3 is 1. The van der Waals surface area contributed by atoms with E-state index in [9.17, 15) is 4.79 Å². The number of rotatable bonds is 4. The van der Waals surface area contributed by atoms with E-state index < -0.39 is 0 Å². The van der Waals surface area contributed by atoms with Gasteiger partial charge in [-0.05, 0) is 24.2 Å². The molecular formula is C13H22O2. The van der Waals surface area contributed by atoms with Crippen molar-refractivity contribution in [2.24, 2.45) is 17.3 Å². The summed E-state index contributed by atoms with van der Waals surface area (Å²) in [7, 11) is 1.47. The monoisotopic (exact) mass is 210 g/mol. The molecule has 0 heterocycles. The topological polar surface area (TPSA) is 26.3 Å². The summed E-state index contributed by atoms with van der Waals surface area (Å²) in [5.74, 6) is 0.378. The normalized spacial score (nSPS) is 27.0. The number of esters is 1. The lowest BCUT2D eigenvalue weighted by atomic mass is 10.0. The van der Waals surface area contributed by atoms with Gasteiger partial charge in [0.15, 0.2) is 0 Å². The molecule has 2 atom stereocenters. The van der Waals surface area contributed by atoms with Gasteiger partial charge in [0.1, 0.15) is 0 Å². The molecule has 2 heteroatoms. The molecule has 1 rings (SSSR count). The Kier molecular flexibility index (Phi) is 3.58. The second-order valence-electron chi connectivity index (χ2n) is 4.88. The van der Waals surface area contributed by atoms with Crippen molar-refractivity contribution in [3.8, 4) is 0 Å². The van der Waals surface area contributed by atoms with E-state index >= 15 is 0 Å². The van der Waals surface area contributed by atoms with Gasteiger partial charge in [-0.25, -0.2) is 0 Å². The molecule has 0 N–H and O–H groups in total. The largest absolute Gasteiger partial charge is 0.469 e. The second kappa shape index (κ2) is 4.38. The lowest BCUT2D eigenvalue weighted by molar-refractivity contribution is -0.143. The Morgan fingerprint density at radius 3 is 2.27 bits per heavy atom. The quantitative estimate of drug-likeness (QED) is 0.526. The zero-order chi connectivity index (χ0) is 11.6. The first kappa shape index (κ1) is 12.3. The van der Waals surface area contributed by atoms with Crippen LogP contribution in [0.25, 0.3) is 0 Å². The predicted octanol–water partition coefficient (Wildman–Crippen LogP) is 3.18. The van der Waals surface area contributed by atoms with Crippen molar-refractivity contribution in [1.29, 1.82) is 0 Å². The summed E-state index contributed by atoms with van der Waals surface area (Å²) >= 11 is 0. The molecule has 0 unspecified atom stereocenters. The third kappa shape index (κ3) is 2.24. The maximum atomic E-state index is 11.5. The molecular weight excluding hydrogens is 188 g/mol. The summed E-state index contributed by atoms with van der Waals surface area (Å²) in [4.78, 5) is 11.5. The summed E-state index contributed by atoms with van der Waals surface area (Å²) < 4.78 is 4.82. The Bertz CT molecular complexity index is 270. The molecule has 15 heavy (non-hydrogen) atoms. The summed E-state index contributed by atoms with van der Waals surface area (Å²) in [6.45, 7) is 8.60. The first-order valence-electron chi connectivity index (χ1n) is 5.76. The van der Waals surface area contributed by atoms with Gasteiger partial charge in [-0.15, -0.1) is 0 Å². The van der Waals surface area contributed by atoms with E-state index in [4.69, 9.17) is 4.74 Å². The average Bonchev–Trinajstić information content (AvgIpc) is 2.75. The van der Waals surface area contributed by atoms with Gasteiger partial charge in [0.2, 0.25) is 0 Å². The van der Waals surface area contributed by atoms with Crippen LogP contribution in [-0.4, -0.2) is 13.1 Å². The van der Waals surface area contributed by atoms with Crippen molar-refractivity contribution in [2.75, 3.05) is 7.11 Å². The Labute approximate surface area is 92.7 Å². The average molecular weight is 210 g/mol. The molecule has 0 aromatic rings. The van der Waals surface area contributed by atoms with Crippen molar-refractivity contribution < 1.29 is 9.53 Å². The number of carbonyl (C=O) groups excluding carboxylic acids is 1. The lowest BCUT2D eigenvalue weighted by Crippen LogP contribution is -2.07. The van der Waals surface area contributed by atoms with Gasteiger partial charge in [0, 0.05) is 0 Å². The van der Waals surface area contributed by atoms with E-state index in [0.29, 0.717) is 5.92 Å². The Morgan fingerprint density at radius 1 is 1.33 bits per heavy atom. The van der Waals surface area contributed by atoms with Gasteiger partial charge < -0.3 is 4.74 Å². The third-order valence-corrected chi connectivity index (χ3v) is 3.69. The van der Waals surface area contributed by atoms with Crippen molar-refractivity contribution >= 4 is 5.97 Å². The predicted molar refractivity (Wildman–Crippen MR) is 61.4 cm³/mol. The molecule has 1 aliphatic carbocycles. The molecule has 0 spiro atoms. The number of carbonyl (C=O) groups is 1. The fourth-order valence-corrected chi connectivity index (χ4v) is 2.31. The van der Waals surface area contributed by atoms with E-state index in [2.05, 4.69) is 33.8 Å². The fourth-order valence-electron chi connectivity index (χ4n) is 2.31. The van der Waals surface area contributed by atoms with E-state index in [0.717, 1.165) is 12.8 Å². The van der Waals surface area contributed by atoms with E-state index in [-0.39, 0.29) is 17.3 Å². The Balaban J connectivity index is 2.74. The van der Waals surface area contributed by atoms with E-state index in [1.54, 1.807) is 0 Å². The van der Waals surface area contributed by atoms with Gasteiger partial charge in [-0.1, -0.05) is 39.3 Å². The van der Waals surface area contributed by atoms with E-state index in [1.165, 1.54) is 12.7 Å². The van der Waals surface area contributed by atoms with Crippen LogP contribution in [0.2, 0.25) is 0 Å². The van der Waals surface area contributed by atoms with Crippen LogP contribution in [0.4, 0.5) is 0 Å². The molecule has 86 valence electrons. The molecule has 1 saturated carbocycles. The number of hydrogen-bond acceptors (Lipinski definition) is 2. The molecule has 2 nitrogen and oxygen atoms in total. The van der Waals surface area contributed by atoms with Gasteiger partial charge in [-0.3, -0.25) is 4.79 Å². The van der Waals surface area contributed by atoms with Crippen molar-refractivity contribution in [3.05, 3.63) is 11.6 Å². The number of ether oxygens (including phenoxy) is 1. The zero-order valence-corrected chi connectivity index (χ0v) is 10.5. The highest BCUT2D eigenvalue weighted by molar-refractivity contribution is 5.78. The summed E-state index contributed by atoms with van der Waals surface area (Å²) in [6.07, 6.45) is 4.44. The fraction of sp³-hybridized carbons (Fsp3) is 0.769.